The van der Waals surface area contributed by atoms with E-state index in [0.29, 0.717) is 12.2 Å². The van der Waals surface area contributed by atoms with Crippen molar-refractivity contribution in [2.45, 2.75) is 6.42 Å². The zero-order chi connectivity index (χ0) is 12.4. The van der Waals surface area contributed by atoms with Gasteiger partial charge in [0.1, 0.15) is 12.4 Å². The first-order valence-electron chi connectivity index (χ1n) is 5.56. The number of anilines is 2. The minimum atomic E-state index is -0.941. The van der Waals surface area contributed by atoms with Gasteiger partial charge >= 0.3 is 5.97 Å². The average Bonchev–Trinajstić information content (AvgIpc) is 2.40. The van der Waals surface area contributed by atoms with Crippen molar-refractivity contribution in [2.24, 2.45) is 0 Å². The molecule has 0 aromatic heterocycles. The van der Waals surface area contributed by atoms with Crippen LogP contribution < -0.4 is 9.80 Å². The predicted molar refractivity (Wildman–Crippen MR) is 64.1 cm³/mol. The number of benzene rings is 1. The van der Waals surface area contributed by atoms with Gasteiger partial charge in [0, 0.05) is 20.1 Å². The monoisotopic (exact) mass is 238 g/mol. The van der Waals surface area contributed by atoms with Crippen LogP contribution in [0.5, 0.6) is 0 Å². The molecule has 2 rings (SSSR count). The molecule has 5 heteroatoms. The number of hydrogen-bond donors (Lipinski definition) is 1. The van der Waals surface area contributed by atoms with Gasteiger partial charge < -0.3 is 14.9 Å². The van der Waals surface area contributed by atoms with Crippen molar-refractivity contribution in [1.82, 2.24) is 0 Å². The number of halogens is 1. The second-order valence-corrected chi connectivity index (χ2v) is 4.20. The van der Waals surface area contributed by atoms with Gasteiger partial charge in [-0.1, -0.05) is 6.07 Å². The van der Waals surface area contributed by atoms with E-state index < -0.39 is 5.97 Å². The molecule has 0 spiro atoms. The van der Waals surface area contributed by atoms with E-state index in [1.807, 2.05) is 18.0 Å². The highest BCUT2D eigenvalue weighted by Crippen LogP contribution is 2.33. The van der Waals surface area contributed by atoms with E-state index in [1.165, 1.54) is 6.07 Å². The molecule has 92 valence electrons. The molecule has 0 saturated heterocycles. The van der Waals surface area contributed by atoms with Gasteiger partial charge in [-0.3, -0.25) is 4.79 Å². The molecule has 1 aromatic rings. The smallest absolute Gasteiger partial charge is 0.323 e. The Morgan fingerprint density at radius 1 is 1.47 bits per heavy atom. The summed E-state index contributed by atoms with van der Waals surface area (Å²) in [7, 11) is 1.89. The molecule has 0 aliphatic carbocycles. The molecule has 0 radical (unpaired) electrons. The molecule has 0 fully saturated rings. The fraction of sp³-hybridized carbons (Fsp3) is 0.417. The highest BCUT2D eigenvalue weighted by atomic mass is 19.1. The molecular weight excluding hydrogens is 223 g/mol. The molecule has 4 nitrogen and oxygen atoms in total. The average molecular weight is 238 g/mol. The van der Waals surface area contributed by atoms with Gasteiger partial charge in [-0.15, -0.1) is 0 Å². The number of carbonyl (C=O) groups is 1. The summed E-state index contributed by atoms with van der Waals surface area (Å²) in [5.41, 5.74) is 1.15. The van der Waals surface area contributed by atoms with Gasteiger partial charge in [0.05, 0.1) is 11.4 Å². The first-order valence-corrected chi connectivity index (χ1v) is 5.56. The molecule has 1 aromatic carbocycles. The molecule has 17 heavy (non-hydrogen) atoms. The summed E-state index contributed by atoms with van der Waals surface area (Å²) in [4.78, 5) is 14.4. The van der Waals surface area contributed by atoms with Crippen molar-refractivity contribution >= 4 is 17.3 Å². The number of nitrogens with zero attached hydrogens (tertiary/aromatic N) is 2. The molecule has 1 aliphatic heterocycles. The zero-order valence-electron chi connectivity index (χ0n) is 9.69. The lowest BCUT2D eigenvalue weighted by Crippen LogP contribution is -2.30. The molecule has 0 saturated carbocycles. The Morgan fingerprint density at radius 2 is 2.24 bits per heavy atom. The number of fused-ring (bicyclic) bond motifs is 1. The Hall–Kier alpha value is -1.78. The summed E-state index contributed by atoms with van der Waals surface area (Å²) < 4.78 is 13.9. The lowest BCUT2D eigenvalue weighted by Gasteiger charge is -2.24. The van der Waals surface area contributed by atoms with Crippen LogP contribution in [-0.4, -0.2) is 37.8 Å². The summed E-state index contributed by atoms with van der Waals surface area (Å²) in [6.45, 7) is 1.19. The molecule has 0 atom stereocenters. The van der Waals surface area contributed by atoms with Gasteiger partial charge in [0.25, 0.3) is 0 Å². The van der Waals surface area contributed by atoms with Crippen LogP contribution in [0.25, 0.3) is 0 Å². The molecule has 0 bridgehead atoms. The van der Waals surface area contributed by atoms with Gasteiger partial charge in [-0.05, 0) is 18.6 Å². The van der Waals surface area contributed by atoms with E-state index in [1.54, 1.807) is 11.0 Å². The number of aliphatic carboxylic acids is 1. The number of para-hydroxylation sites is 1. The Labute approximate surface area is 99.3 Å². The summed E-state index contributed by atoms with van der Waals surface area (Å²) in [6.07, 6.45) is 0.817. The number of carboxylic acids is 1. The van der Waals surface area contributed by atoms with Gasteiger partial charge in [-0.25, -0.2) is 4.39 Å². The standard InChI is InChI=1S/C12H15FN2O2/c1-14-6-3-7-15(8-11(16)17)12-9(13)4-2-5-10(12)14/h2,4-5H,3,6-8H2,1H3,(H,16,17). The third-order valence-electron chi connectivity index (χ3n) is 2.94. The zero-order valence-corrected chi connectivity index (χ0v) is 9.69. The van der Waals surface area contributed by atoms with Crippen molar-refractivity contribution < 1.29 is 14.3 Å². The van der Waals surface area contributed by atoms with Crippen LogP contribution in [0.3, 0.4) is 0 Å². The molecule has 1 aliphatic rings. The highest BCUT2D eigenvalue weighted by molar-refractivity contribution is 5.79. The normalized spacial score (nSPS) is 15.4. The lowest BCUT2D eigenvalue weighted by atomic mass is 10.2. The van der Waals surface area contributed by atoms with Crippen LogP contribution in [0.2, 0.25) is 0 Å². The highest BCUT2D eigenvalue weighted by Gasteiger charge is 2.23. The second-order valence-electron chi connectivity index (χ2n) is 4.20. The molecule has 1 N–H and O–H groups in total. The number of hydrogen-bond acceptors (Lipinski definition) is 3. The minimum Gasteiger partial charge on any atom is -0.480 e. The van der Waals surface area contributed by atoms with Crippen LogP contribution in [0.15, 0.2) is 18.2 Å². The summed E-state index contributed by atoms with van der Waals surface area (Å²) in [6, 6.07) is 4.83. The summed E-state index contributed by atoms with van der Waals surface area (Å²) in [5, 5.41) is 8.86. The van der Waals surface area contributed by atoms with E-state index in [4.69, 9.17) is 5.11 Å². The maximum Gasteiger partial charge on any atom is 0.323 e. The van der Waals surface area contributed by atoms with E-state index in [2.05, 4.69) is 0 Å². The van der Waals surface area contributed by atoms with Crippen LogP contribution >= 0.6 is 0 Å². The first-order chi connectivity index (χ1) is 8.09. The summed E-state index contributed by atoms with van der Waals surface area (Å²) >= 11 is 0. The Bertz CT molecular complexity index is 437. The van der Waals surface area contributed by atoms with Crippen molar-refractivity contribution in [3.63, 3.8) is 0 Å². The Morgan fingerprint density at radius 3 is 2.94 bits per heavy atom. The van der Waals surface area contributed by atoms with Crippen LogP contribution in [0.4, 0.5) is 15.8 Å². The Kier molecular flexibility index (Phi) is 3.17. The van der Waals surface area contributed by atoms with Crippen molar-refractivity contribution in [2.75, 3.05) is 36.5 Å². The largest absolute Gasteiger partial charge is 0.480 e. The third kappa shape index (κ3) is 2.33. The first kappa shape index (κ1) is 11.7. The number of carboxylic acid groups (broad SMARTS) is 1. The molecular formula is C12H15FN2O2. The van der Waals surface area contributed by atoms with Crippen molar-refractivity contribution in [3.05, 3.63) is 24.0 Å². The topological polar surface area (TPSA) is 43.8 Å². The van der Waals surface area contributed by atoms with E-state index in [-0.39, 0.29) is 12.4 Å². The van der Waals surface area contributed by atoms with E-state index in [9.17, 15) is 9.18 Å². The molecule has 0 unspecified atom stereocenters. The fourth-order valence-electron chi connectivity index (χ4n) is 2.18. The van der Waals surface area contributed by atoms with Gasteiger partial charge in [-0.2, -0.15) is 0 Å². The van der Waals surface area contributed by atoms with Crippen LogP contribution in [-0.2, 0) is 4.79 Å². The number of rotatable bonds is 2. The lowest BCUT2D eigenvalue weighted by molar-refractivity contribution is -0.135. The minimum absolute atomic E-state index is 0.165. The molecule has 1 heterocycles. The van der Waals surface area contributed by atoms with E-state index in [0.717, 1.165) is 18.7 Å². The van der Waals surface area contributed by atoms with Crippen LogP contribution in [0.1, 0.15) is 6.42 Å². The molecule has 0 amide bonds. The SMILES string of the molecule is CN1CCCN(CC(=O)O)c2c(F)cccc21. The Balaban J connectivity index is 2.45. The van der Waals surface area contributed by atoms with Crippen molar-refractivity contribution in [3.8, 4) is 0 Å². The predicted octanol–water partition coefficient (Wildman–Crippen LogP) is 1.56. The summed E-state index contributed by atoms with van der Waals surface area (Å²) in [5.74, 6) is -1.30. The maximum absolute atomic E-state index is 13.9. The fourth-order valence-corrected chi connectivity index (χ4v) is 2.18. The maximum atomic E-state index is 13.9. The third-order valence-corrected chi connectivity index (χ3v) is 2.94. The quantitative estimate of drug-likeness (QED) is 0.849. The van der Waals surface area contributed by atoms with E-state index >= 15 is 0 Å². The second kappa shape index (κ2) is 4.61. The van der Waals surface area contributed by atoms with Gasteiger partial charge in [0.2, 0.25) is 0 Å². The van der Waals surface area contributed by atoms with Crippen molar-refractivity contribution in [1.29, 1.82) is 0 Å². The van der Waals surface area contributed by atoms with Gasteiger partial charge in [0.15, 0.2) is 0 Å². The van der Waals surface area contributed by atoms with Crippen LogP contribution in [0, 0.1) is 5.82 Å².